The zero-order chi connectivity index (χ0) is 15.5. The molecule has 21 heavy (non-hydrogen) atoms. The van der Waals surface area contributed by atoms with Gasteiger partial charge in [0.15, 0.2) is 0 Å². The molecule has 4 nitrogen and oxygen atoms in total. The molecule has 0 unspecified atom stereocenters. The van der Waals surface area contributed by atoms with E-state index in [4.69, 9.17) is 18.0 Å². The Morgan fingerprint density at radius 3 is 2.48 bits per heavy atom. The van der Waals surface area contributed by atoms with Crippen molar-refractivity contribution in [3.63, 3.8) is 0 Å². The van der Waals surface area contributed by atoms with Crippen molar-refractivity contribution in [3.05, 3.63) is 65.5 Å². The number of nitrogens with two attached hydrogens (primary N) is 1. The number of hydrogen-bond donors (Lipinski definition) is 2. The molecule has 0 amide bonds. The topological polar surface area (TPSA) is 72.2 Å². The van der Waals surface area contributed by atoms with Crippen molar-refractivity contribution >= 4 is 27.2 Å². The molecule has 2 rings (SSSR count). The fraction of sp³-hybridized carbons (Fsp3) is 0.0714. The molecule has 3 N–H and O–H groups in total. The first-order chi connectivity index (χ1) is 9.88. The van der Waals surface area contributed by atoms with Crippen LogP contribution in [0.4, 0.5) is 4.39 Å². The SMILES string of the molecule is NC(=S)c1cccc(CNS(=O)(=O)c2ccc(F)cc2)c1. The molecule has 0 aromatic heterocycles. The van der Waals surface area contributed by atoms with Crippen molar-refractivity contribution in [2.75, 3.05) is 0 Å². The number of sulfonamides is 1. The van der Waals surface area contributed by atoms with Gasteiger partial charge in [-0.3, -0.25) is 0 Å². The van der Waals surface area contributed by atoms with Crippen molar-refractivity contribution in [3.8, 4) is 0 Å². The predicted molar refractivity (Wildman–Crippen MR) is 82.8 cm³/mol. The van der Waals surface area contributed by atoms with E-state index in [1.54, 1.807) is 24.3 Å². The number of rotatable bonds is 5. The largest absolute Gasteiger partial charge is 0.389 e. The van der Waals surface area contributed by atoms with E-state index in [2.05, 4.69) is 4.72 Å². The van der Waals surface area contributed by atoms with Crippen molar-refractivity contribution in [2.24, 2.45) is 5.73 Å². The van der Waals surface area contributed by atoms with Crippen LogP contribution in [-0.2, 0) is 16.6 Å². The summed E-state index contributed by atoms with van der Waals surface area (Å²) in [6.45, 7) is 0.0934. The van der Waals surface area contributed by atoms with Crippen LogP contribution in [0.1, 0.15) is 11.1 Å². The molecule has 0 aliphatic heterocycles. The van der Waals surface area contributed by atoms with Crippen LogP contribution in [-0.4, -0.2) is 13.4 Å². The van der Waals surface area contributed by atoms with Crippen LogP contribution in [0.2, 0.25) is 0 Å². The van der Waals surface area contributed by atoms with E-state index < -0.39 is 15.8 Å². The second-order valence-electron chi connectivity index (χ2n) is 4.34. The van der Waals surface area contributed by atoms with Gasteiger partial charge in [-0.05, 0) is 35.9 Å². The third kappa shape index (κ3) is 4.07. The smallest absolute Gasteiger partial charge is 0.240 e. The van der Waals surface area contributed by atoms with E-state index in [-0.39, 0.29) is 16.4 Å². The Morgan fingerprint density at radius 1 is 1.19 bits per heavy atom. The Hall–Kier alpha value is -1.83. The van der Waals surface area contributed by atoms with E-state index in [1.165, 1.54) is 12.1 Å². The first-order valence-corrected chi connectivity index (χ1v) is 7.91. The van der Waals surface area contributed by atoms with Gasteiger partial charge in [0, 0.05) is 12.1 Å². The molecule has 0 spiro atoms. The van der Waals surface area contributed by atoms with Crippen molar-refractivity contribution in [1.29, 1.82) is 0 Å². The summed E-state index contributed by atoms with van der Waals surface area (Å²) in [6, 6.07) is 11.6. The second-order valence-corrected chi connectivity index (χ2v) is 6.55. The summed E-state index contributed by atoms with van der Waals surface area (Å²) >= 11 is 4.87. The van der Waals surface area contributed by atoms with Crippen molar-refractivity contribution in [2.45, 2.75) is 11.4 Å². The summed E-state index contributed by atoms with van der Waals surface area (Å²) in [5.41, 5.74) is 6.92. The second kappa shape index (κ2) is 6.30. The van der Waals surface area contributed by atoms with Crippen LogP contribution >= 0.6 is 12.2 Å². The van der Waals surface area contributed by atoms with Gasteiger partial charge < -0.3 is 5.73 Å². The van der Waals surface area contributed by atoms with Crippen LogP contribution in [0.25, 0.3) is 0 Å². The molecular weight excluding hydrogens is 311 g/mol. The minimum absolute atomic E-state index is 0.00870. The molecule has 0 heterocycles. The Bertz CT molecular complexity index is 759. The van der Waals surface area contributed by atoms with Crippen LogP contribution in [0.15, 0.2) is 53.4 Å². The van der Waals surface area contributed by atoms with Gasteiger partial charge >= 0.3 is 0 Å². The average molecular weight is 324 g/mol. The first-order valence-electron chi connectivity index (χ1n) is 6.02. The Balaban J connectivity index is 2.13. The number of hydrogen-bond acceptors (Lipinski definition) is 3. The molecule has 2 aromatic carbocycles. The lowest BCUT2D eigenvalue weighted by molar-refractivity contribution is 0.580. The highest BCUT2D eigenvalue weighted by molar-refractivity contribution is 7.89. The molecule has 0 radical (unpaired) electrons. The van der Waals surface area contributed by atoms with E-state index in [0.29, 0.717) is 5.56 Å². The Morgan fingerprint density at radius 2 is 1.86 bits per heavy atom. The van der Waals surface area contributed by atoms with Crippen LogP contribution in [0.3, 0.4) is 0 Å². The molecule has 7 heteroatoms. The highest BCUT2D eigenvalue weighted by Gasteiger charge is 2.13. The highest BCUT2D eigenvalue weighted by atomic mass is 32.2. The minimum Gasteiger partial charge on any atom is -0.389 e. The maximum absolute atomic E-state index is 12.8. The lowest BCUT2D eigenvalue weighted by Gasteiger charge is -2.08. The Labute approximate surface area is 127 Å². The highest BCUT2D eigenvalue weighted by Crippen LogP contribution is 2.11. The summed E-state index contributed by atoms with van der Waals surface area (Å²) in [6.07, 6.45) is 0. The van der Waals surface area contributed by atoms with E-state index in [9.17, 15) is 12.8 Å². The van der Waals surface area contributed by atoms with Crippen LogP contribution in [0, 0.1) is 5.82 Å². The van der Waals surface area contributed by atoms with Crippen molar-refractivity contribution in [1.82, 2.24) is 4.72 Å². The van der Waals surface area contributed by atoms with Crippen LogP contribution < -0.4 is 10.5 Å². The van der Waals surface area contributed by atoms with Gasteiger partial charge in [-0.2, -0.15) is 0 Å². The van der Waals surface area contributed by atoms with Gasteiger partial charge in [-0.1, -0.05) is 30.4 Å². The van der Waals surface area contributed by atoms with Crippen LogP contribution in [0.5, 0.6) is 0 Å². The van der Waals surface area contributed by atoms with Gasteiger partial charge in [0.05, 0.1) is 4.90 Å². The van der Waals surface area contributed by atoms with Gasteiger partial charge in [0.25, 0.3) is 0 Å². The molecule has 0 aliphatic carbocycles. The molecule has 0 saturated carbocycles. The summed E-state index contributed by atoms with van der Waals surface area (Å²) in [5, 5.41) is 0. The normalized spacial score (nSPS) is 11.3. The first kappa shape index (κ1) is 15.6. The summed E-state index contributed by atoms with van der Waals surface area (Å²) < 4.78 is 39.4. The van der Waals surface area contributed by atoms with E-state index >= 15 is 0 Å². The molecule has 0 atom stereocenters. The van der Waals surface area contributed by atoms with Crippen molar-refractivity contribution < 1.29 is 12.8 Å². The molecule has 0 aliphatic rings. The number of nitrogens with one attached hydrogen (secondary N) is 1. The zero-order valence-electron chi connectivity index (χ0n) is 10.9. The molecule has 0 saturated heterocycles. The Kier molecular flexibility index (Phi) is 4.66. The van der Waals surface area contributed by atoms with Gasteiger partial charge in [-0.25, -0.2) is 17.5 Å². The molecule has 0 bridgehead atoms. The predicted octanol–water partition coefficient (Wildman–Crippen LogP) is 1.94. The van der Waals surface area contributed by atoms with E-state index in [0.717, 1.165) is 17.7 Å². The maximum atomic E-state index is 12.8. The van der Waals surface area contributed by atoms with Gasteiger partial charge in [-0.15, -0.1) is 0 Å². The fourth-order valence-electron chi connectivity index (χ4n) is 1.71. The van der Waals surface area contributed by atoms with E-state index in [1.807, 2.05) is 0 Å². The molecule has 2 aromatic rings. The number of thiocarbonyl (C=S) groups is 1. The summed E-state index contributed by atoms with van der Waals surface area (Å²) in [4.78, 5) is 0.257. The molecule has 0 fully saturated rings. The molecular formula is C14H13FN2O2S2. The quantitative estimate of drug-likeness (QED) is 0.825. The average Bonchev–Trinajstić information content (AvgIpc) is 2.46. The minimum atomic E-state index is -3.69. The summed E-state index contributed by atoms with van der Waals surface area (Å²) in [7, 11) is -3.69. The lowest BCUT2D eigenvalue weighted by Crippen LogP contribution is -2.23. The monoisotopic (exact) mass is 324 g/mol. The maximum Gasteiger partial charge on any atom is 0.240 e. The van der Waals surface area contributed by atoms with Gasteiger partial charge in [0.1, 0.15) is 10.8 Å². The lowest BCUT2D eigenvalue weighted by atomic mass is 10.1. The number of benzene rings is 2. The van der Waals surface area contributed by atoms with Gasteiger partial charge in [0.2, 0.25) is 10.0 Å². The third-order valence-corrected chi connectivity index (χ3v) is 4.45. The number of halogens is 1. The third-order valence-electron chi connectivity index (χ3n) is 2.80. The molecule has 110 valence electrons. The summed E-state index contributed by atoms with van der Waals surface area (Å²) in [5.74, 6) is -0.488. The zero-order valence-corrected chi connectivity index (χ0v) is 12.5. The standard InChI is InChI=1S/C14H13FN2O2S2/c15-12-4-6-13(7-5-12)21(18,19)17-9-10-2-1-3-11(8-10)14(16)20/h1-8,17H,9H2,(H2,16,20). The fourth-order valence-corrected chi connectivity index (χ4v) is 2.85.